The maximum atomic E-state index is 14.5. The van der Waals surface area contributed by atoms with Crippen molar-refractivity contribution in [2.45, 2.75) is 44.8 Å². The largest absolute Gasteiger partial charge is 0.478 e. The summed E-state index contributed by atoms with van der Waals surface area (Å²) in [4.78, 5) is 30.1. The Balaban J connectivity index is 2.03. The van der Waals surface area contributed by atoms with Crippen molar-refractivity contribution in [2.24, 2.45) is 0 Å². The molecule has 1 saturated heterocycles. The highest BCUT2D eigenvalue weighted by Crippen LogP contribution is 2.34. The summed E-state index contributed by atoms with van der Waals surface area (Å²) in [7, 11) is 0. The normalized spacial score (nSPS) is 18.6. The van der Waals surface area contributed by atoms with Crippen LogP contribution in [0, 0.1) is 5.82 Å². The van der Waals surface area contributed by atoms with Gasteiger partial charge in [0, 0.05) is 25.2 Å². The van der Waals surface area contributed by atoms with Crippen molar-refractivity contribution >= 4 is 24.0 Å². The van der Waals surface area contributed by atoms with E-state index in [9.17, 15) is 14.0 Å². The van der Waals surface area contributed by atoms with Gasteiger partial charge in [0.15, 0.2) is 0 Å². The molecule has 2 aromatic rings. The van der Waals surface area contributed by atoms with Gasteiger partial charge in [-0.15, -0.1) is 0 Å². The number of carbonyl (C=O) groups is 2. The van der Waals surface area contributed by atoms with Crippen LogP contribution < -0.4 is 10.2 Å². The molecule has 1 aromatic heterocycles. The predicted octanol–water partition coefficient (Wildman–Crippen LogP) is 4.03. The number of benzene rings is 1. The molecule has 2 N–H and O–H groups in total. The molecule has 1 fully saturated rings. The van der Waals surface area contributed by atoms with Crippen molar-refractivity contribution < 1.29 is 23.8 Å². The van der Waals surface area contributed by atoms with Gasteiger partial charge in [0.05, 0.1) is 5.54 Å². The van der Waals surface area contributed by atoms with Crippen molar-refractivity contribution in [3.63, 3.8) is 0 Å². The maximum Gasteiger partial charge on any atom is 0.416 e. The van der Waals surface area contributed by atoms with E-state index in [0.29, 0.717) is 36.5 Å². The van der Waals surface area contributed by atoms with Gasteiger partial charge in [-0.3, -0.25) is 4.90 Å². The molecule has 1 amide bonds. The third-order valence-corrected chi connectivity index (χ3v) is 5.17. The Morgan fingerprint density at radius 3 is 2.59 bits per heavy atom. The quantitative estimate of drug-likeness (QED) is 0.658. The van der Waals surface area contributed by atoms with E-state index in [-0.39, 0.29) is 12.2 Å². The highest BCUT2D eigenvalue weighted by Gasteiger charge is 2.46. The molecule has 0 unspecified atom stereocenters. The Morgan fingerprint density at radius 2 is 2.03 bits per heavy atom. The Bertz CT molecular complexity index is 993. The fourth-order valence-corrected chi connectivity index (χ4v) is 3.78. The summed E-state index contributed by atoms with van der Waals surface area (Å²) in [6, 6.07) is 9.86. The number of halogens is 1. The number of carbonyl (C=O) groups excluding carboxylic acids is 1. The third-order valence-electron chi connectivity index (χ3n) is 5.17. The number of amides is 1. The number of pyridine rings is 1. The second kappa shape index (κ2) is 9.48. The van der Waals surface area contributed by atoms with Gasteiger partial charge in [-0.2, -0.15) is 0 Å². The van der Waals surface area contributed by atoms with Crippen LogP contribution in [-0.4, -0.2) is 46.4 Å². The first kappa shape index (κ1) is 23.4. The molecular weight excluding hydrogens is 413 g/mol. The lowest BCUT2D eigenvalue weighted by molar-refractivity contribution is -0.131. The molecule has 0 bridgehead atoms. The van der Waals surface area contributed by atoms with Gasteiger partial charge in [0.1, 0.15) is 17.2 Å². The second-order valence-corrected chi connectivity index (χ2v) is 8.86. The van der Waals surface area contributed by atoms with Gasteiger partial charge in [0.25, 0.3) is 0 Å². The van der Waals surface area contributed by atoms with Gasteiger partial charge < -0.3 is 15.2 Å². The summed E-state index contributed by atoms with van der Waals surface area (Å²) in [5, 5.41) is 12.1. The minimum atomic E-state index is -1.06. The van der Waals surface area contributed by atoms with E-state index in [1.165, 1.54) is 23.2 Å². The zero-order chi connectivity index (χ0) is 23.4. The minimum Gasteiger partial charge on any atom is -0.478 e. The van der Waals surface area contributed by atoms with Crippen LogP contribution in [0.25, 0.3) is 6.08 Å². The average molecular weight is 442 g/mol. The van der Waals surface area contributed by atoms with E-state index in [4.69, 9.17) is 9.84 Å². The highest BCUT2D eigenvalue weighted by atomic mass is 19.1. The fourth-order valence-electron chi connectivity index (χ4n) is 3.78. The van der Waals surface area contributed by atoms with Crippen molar-refractivity contribution in [1.29, 1.82) is 0 Å². The van der Waals surface area contributed by atoms with Gasteiger partial charge in [-0.05, 0) is 69.1 Å². The number of anilines is 1. The molecule has 1 aromatic carbocycles. The number of nitrogens with one attached hydrogen (secondary N) is 1. The standard InChI is InChI=1S/C24H28FN3O4/c1-23(2,3)32-22(31)28(20-10-8-17(15-27-20)9-11-21(29)30)24(12-13-26-16-24)14-18-6-4-5-7-19(18)25/h4-11,15,26H,12-14,16H2,1-3H3,(H,29,30)/b11-9+/t24-/m0/s1. The molecule has 3 rings (SSSR count). The third kappa shape index (κ3) is 5.70. The molecule has 2 heterocycles. The number of carboxylic acid groups (broad SMARTS) is 1. The molecular formula is C24H28FN3O4. The second-order valence-electron chi connectivity index (χ2n) is 8.86. The van der Waals surface area contributed by atoms with Crippen LogP contribution in [0.4, 0.5) is 15.0 Å². The first-order valence-electron chi connectivity index (χ1n) is 10.4. The van der Waals surface area contributed by atoms with E-state index in [1.807, 2.05) is 0 Å². The van der Waals surface area contributed by atoms with Gasteiger partial charge in [-0.25, -0.2) is 19.0 Å². The molecule has 1 atom stereocenters. The fraction of sp³-hybridized carbons (Fsp3) is 0.375. The van der Waals surface area contributed by atoms with E-state index in [0.717, 1.165) is 6.08 Å². The molecule has 1 aliphatic heterocycles. The van der Waals surface area contributed by atoms with Gasteiger partial charge >= 0.3 is 12.1 Å². The zero-order valence-electron chi connectivity index (χ0n) is 18.5. The van der Waals surface area contributed by atoms with E-state index in [2.05, 4.69) is 10.3 Å². The van der Waals surface area contributed by atoms with E-state index in [1.54, 1.807) is 51.1 Å². The zero-order valence-corrected chi connectivity index (χ0v) is 18.5. The molecule has 1 aliphatic rings. The minimum absolute atomic E-state index is 0.286. The number of ether oxygens (including phenoxy) is 1. The number of carboxylic acids is 1. The van der Waals surface area contributed by atoms with Crippen LogP contribution in [-0.2, 0) is 16.0 Å². The highest BCUT2D eigenvalue weighted by molar-refractivity contribution is 5.89. The van der Waals surface area contributed by atoms with Crippen molar-refractivity contribution in [3.05, 3.63) is 65.6 Å². The Hall–Kier alpha value is -3.26. The summed E-state index contributed by atoms with van der Waals surface area (Å²) in [6.07, 6.45) is 4.23. The topological polar surface area (TPSA) is 91.8 Å². The van der Waals surface area contributed by atoms with Gasteiger partial charge in [-0.1, -0.05) is 18.2 Å². The van der Waals surface area contributed by atoms with Crippen LogP contribution in [0.5, 0.6) is 0 Å². The molecule has 0 saturated carbocycles. The number of aromatic nitrogens is 1. The lowest BCUT2D eigenvalue weighted by Gasteiger charge is -2.40. The summed E-state index contributed by atoms with van der Waals surface area (Å²) < 4.78 is 20.2. The van der Waals surface area contributed by atoms with Crippen LogP contribution in [0.3, 0.4) is 0 Å². The monoisotopic (exact) mass is 441 g/mol. The van der Waals surface area contributed by atoms with Crippen molar-refractivity contribution in [2.75, 3.05) is 18.0 Å². The smallest absolute Gasteiger partial charge is 0.416 e. The molecule has 32 heavy (non-hydrogen) atoms. The summed E-state index contributed by atoms with van der Waals surface area (Å²) in [5.74, 6) is -1.04. The number of rotatable bonds is 6. The molecule has 8 heteroatoms. The van der Waals surface area contributed by atoms with Gasteiger partial charge in [0.2, 0.25) is 0 Å². The average Bonchev–Trinajstić information content (AvgIpc) is 3.17. The maximum absolute atomic E-state index is 14.5. The summed E-state index contributed by atoms with van der Waals surface area (Å²) >= 11 is 0. The van der Waals surface area contributed by atoms with E-state index >= 15 is 0 Å². The number of hydrogen-bond acceptors (Lipinski definition) is 5. The van der Waals surface area contributed by atoms with E-state index < -0.39 is 23.2 Å². The van der Waals surface area contributed by atoms with Crippen LogP contribution in [0.2, 0.25) is 0 Å². The SMILES string of the molecule is CC(C)(C)OC(=O)N(c1ccc(/C=C/C(=O)O)cn1)[C@]1(Cc2ccccc2F)CCNC1. The first-order chi connectivity index (χ1) is 15.1. The summed E-state index contributed by atoms with van der Waals surface area (Å²) in [6.45, 7) is 6.46. The molecule has 7 nitrogen and oxygen atoms in total. The number of aliphatic carboxylic acids is 1. The predicted molar refractivity (Wildman–Crippen MR) is 120 cm³/mol. The lowest BCUT2D eigenvalue weighted by atomic mass is 9.87. The number of nitrogens with zero attached hydrogens (tertiary/aromatic N) is 2. The van der Waals surface area contributed by atoms with Crippen molar-refractivity contribution in [1.82, 2.24) is 10.3 Å². The molecule has 0 aliphatic carbocycles. The Morgan fingerprint density at radius 1 is 1.28 bits per heavy atom. The Labute approximate surface area is 186 Å². The van der Waals surface area contributed by atoms with Crippen molar-refractivity contribution in [3.8, 4) is 0 Å². The lowest BCUT2D eigenvalue weighted by Crippen LogP contribution is -2.56. The first-order valence-corrected chi connectivity index (χ1v) is 10.4. The molecule has 170 valence electrons. The van der Waals surface area contributed by atoms with Crippen LogP contribution in [0.15, 0.2) is 48.7 Å². The molecule has 0 spiro atoms. The Kier molecular flexibility index (Phi) is 6.93. The molecule has 0 radical (unpaired) electrons. The van der Waals surface area contributed by atoms with Crippen LogP contribution in [0.1, 0.15) is 38.3 Å². The van der Waals surface area contributed by atoms with Crippen LogP contribution >= 0.6 is 0 Å². The number of hydrogen-bond donors (Lipinski definition) is 2. The summed E-state index contributed by atoms with van der Waals surface area (Å²) in [5.41, 5.74) is -0.431.